The number of nitrogens with zero attached hydrogens (tertiary/aromatic N) is 1. The van der Waals surface area contributed by atoms with E-state index in [0.29, 0.717) is 5.92 Å². The summed E-state index contributed by atoms with van der Waals surface area (Å²) in [6.45, 7) is 9.32. The number of rotatable bonds is 3. The van der Waals surface area contributed by atoms with E-state index in [-0.39, 0.29) is 5.54 Å². The Balaban J connectivity index is 1.69. The smallest absolute Gasteiger partial charge is 0.0854 e. The second kappa shape index (κ2) is 5.89. The van der Waals surface area contributed by atoms with Crippen LogP contribution in [0.5, 0.6) is 0 Å². The highest BCUT2D eigenvalue weighted by molar-refractivity contribution is 8.03. The van der Waals surface area contributed by atoms with Crippen LogP contribution in [0.15, 0.2) is 75.2 Å². The quantitative estimate of drug-likeness (QED) is 0.339. The first-order valence-electron chi connectivity index (χ1n) is 7.21. The van der Waals surface area contributed by atoms with Crippen molar-refractivity contribution in [1.82, 2.24) is 0 Å². The Kier molecular flexibility index (Phi) is 3.94. The van der Waals surface area contributed by atoms with Gasteiger partial charge in [-0.05, 0) is 50.4 Å². The Morgan fingerprint density at radius 2 is 2.09 bits per heavy atom. The van der Waals surface area contributed by atoms with Gasteiger partial charge in [-0.2, -0.15) is 0 Å². The van der Waals surface area contributed by atoms with E-state index in [4.69, 9.17) is 0 Å². The van der Waals surface area contributed by atoms with E-state index in [2.05, 4.69) is 66.2 Å². The molecule has 2 aliphatic rings. The summed E-state index contributed by atoms with van der Waals surface area (Å²) in [5.74, 6) is 6.95. The molecule has 0 aromatic heterocycles. The number of aliphatic imine (C=N–C) groups is 1. The third-order valence-electron chi connectivity index (χ3n) is 3.98. The highest BCUT2D eigenvalue weighted by Gasteiger charge is 2.51. The van der Waals surface area contributed by atoms with Gasteiger partial charge in [0.25, 0.3) is 0 Å². The number of hydrogen-bond donors (Lipinski definition) is 0. The van der Waals surface area contributed by atoms with Crippen LogP contribution >= 0.6 is 11.8 Å². The highest BCUT2D eigenvalue weighted by Crippen LogP contribution is 2.51. The minimum absolute atomic E-state index is 0.0133. The third kappa shape index (κ3) is 3.02. The normalized spacial score (nSPS) is 24.2. The van der Waals surface area contributed by atoms with E-state index in [9.17, 15) is 0 Å². The lowest BCUT2D eigenvalue weighted by Gasteiger charge is -2.07. The summed E-state index contributed by atoms with van der Waals surface area (Å²) in [6.07, 6.45) is 7.48. The number of hydrogen-bond acceptors (Lipinski definition) is 2. The fourth-order valence-corrected chi connectivity index (χ4v) is 3.17. The zero-order valence-corrected chi connectivity index (χ0v) is 13.4. The van der Waals surface area contributed by atoms with Gasteiger partial charge in [0.1, 0.15) is 0 Å². The molecule has 1 nitrogen and oxygen atoms in total. The molecule has 1 aromatic rings. The molecular formula is C20H17NS. The van der Waals surface area contributed by atoms with E-state index in [0.717, 1.165) is 22.5 Å². The van der Waals surface area contributed by atoms with Gasteiger partial charge in [0.15, 0.2) is 0 Å². The second-order valence-electron chi connectivity index (χ2n) is 5.52. The Bertz CT molecular complexity index is 779. The van der Waals surface area contributed by atoms with Gasteiger partial charge >= 0.3 is 0 Å². The van der Waals surface area contributed by atoms with Gasteiger partial charge in [0, 0.05) is 26.9 Å². The van der Waals surface area contributed by atoms with Crippen molar-refractivity contribution in [2.24, 2.45) is 10.9 Å². The van der Waals surface area contributed by atoms with E-state index in [1.807, 2.05) is 19.1 Å². The summed E-state index contributed by atoms with van der Waals surface area (Å²) in [5, 5.41) is 0. The molecule has 0 N–H and O–H groups in total. The maximum Gasteiger partial charge on any atom is 0.0854 e. The molecule has 0 radical (unpaired) electrons. The molecule has 108 valence electrons. The monoisotopic (exact) mass is 303 g/mol. The maximum atomic E-state index is 4.20. The predicted octanol–water partition coefficient (Wildman–Crippen LogP) is 4.77. The van der Waals surface area contributed by atoms with Crippen LogP contribution in [0.2, 0.25) is 0 Å². The van der Waals surface area contributed by atoms with Gasteiger partial charge in [0.05, 0.1) is 5.54 Å². The topological polar surface area (TPSA) is 12.4 Å². The Hall–Kier alpha value is -2.20. The van der Waals surface area contributed by atoms with Crippen LogP contribution in [0.3, 0.4) is 0 Å². The molecule has 2 aliphatic carbocycles. The van der Waals surface area contributed by atoms with E-state index in [1.54, 1.807) is 11.8 Å². The number of thioether (sulfide) groups is 1. The lowest BCUT2D eigenvalue weighted by atomic mass is 10.0. The fraction of sp³-hybridized carbons (Fsp3) is 0.200. The Morgan fingerprint density at radius 3 is 2.73 bits per heavy atom. The van der Waals surface area contributed by atoms with Crippen LogP contribution in [0.4, 0.5) is 0 Å². The van der Waals surface area contributed by atoms with Crippen molar-refractivity contribution in [1.29, 1.82) is 0 Å². The van der Waals surface area contributed by atoms with Crippen LogP contribution in [0.1, 0.15) is 18.9 Å². The maximum absolute atomic E-state index is 4.20. The highest BCUT2D eigenvalue weighted by atomic mass is 32.2. The van der Waals surface area contributed by atoms with Crippen LogP contribution in [-0.2, 0) is 0 Å². The van der Waals surface area contributed by atoms with Crippen molar-refractivity contribution in [2.75, 3.05) is 0 Å². The molecule has 1 aromatic carbocycles. The van der Waals surface area contributed by atoms with Gasteiger partial charge in [-0.3, -0.25) is 4.99 Å². The minimum Gasteiger partial charge on any atom is -0.290 e. The van der Waals surface area contributed by atoms with Crippen LogP contribution in [0, 0.1) is 17.8 Å². The molecule has 2 heteroatoms. The predicted molar refractivity (Wildman–Crippen MR) is 95.1 cm³/mol. The summed E-state index contributed by atoms with van der Waals surface area (Å²) in [6, 6.07) is 8.25. The lowest BCUT2D eigenvalue weighted by Crippen LogP contribution is -2.05. The van der Waals surface area contributed by atoms with Crippen LogP contribution in [0.25, 0.3) is 0 Å². The average molecular weight is 303 g/mol. The molecule has 1 fully saturated rings. The first kappa shape index (κ1) is 14.7. The summed E-state index contributed by atoms with van der Waals surface area (Å²) >= 11 is 1.66. The molecule has 0 aliphatic heterocycles. The summed E-state index contributed by atoms with van der Waals surface area (Å²) in [5.41, 5.74) is 4.97. The van der Waals surface area contributed by atoms with E-state index >= 15 is 0 Å². The van der Waals surface area contributed by atoms with Crippen molar-refractivity contribution in [2.45, 2.75) is 23.8 Å². The van der Waals surface area contributed by atoms with Crippen LogP contribution < -0.4 is 0 Å². The van der Waals surface area contributed by atoms with Crippen molar-refractivity contribution in [3.05, 3.63) is 70.8 Å². The molecule has 0 amide bonds. The summed E-state index contributed by atoms with van der Waals surface area (Å²) < 4.78 is 0. The van der Waals surface area contributed by atoms with Gasteiger partial charge in [-0.1, -0.05) is 42.3 Å². The molecule has 0 spiro atoms. The SMILES string of the molecule is C=C=C(C)Sc1ccc(C#CC2=CC3CC3(N=C)C=C2)cc1. The molecule has 22 heavy (non-hydrogen) atoms. The van der Waals surface area contributed by atoms with Gasteiger partial charge in [-0.25, -0.2) is 0 Å². The molecule has 0 heterocycles. The van der Waals surface area contributed by atoms with E-state index < -0.39 is 0 Å². The van der Waals surface area contributed by atoms with Crippen molar-refractivity contribution in [3.8, 4) is 11.8 Å². The molecule has 0 bridgehead atoms. The van der Waals surface area contributed by atoms with E-state index in [1.165, 1.54) is 4.90 Å². The zero-order valence-electron chi connectivity index (χ0n) is 12.6. The van der Waals surface area contributed by atoms with Gasteiger partial charge in [0.2, 0.25) is 0 Å². The molecule has 0 saturated heterocycles. The third-order valence-corrected chi connectivity index (χ3v) is 4.94. The molecule has 1 saturated carbocycles. The lowest BCUT2D eigenvalue weighted by molar-refractivity contribution is 0.798. The Labute approximate surface area is 136 Å². The second-order valence-corrected chi connectivity index (χ2v) is 6.81. The van der Waals surface area contributed by atoms with Crippen molar-refractivity contribution < 1.29 is 0 Å². The van der Waals surface area contributed by atoms with Gasteiger partial charge < -0.3 is 0 Å². The Morgan fingerprint density at radius 1 is 1.32 bits per heavy atom. The summed E-state index contributed by atoms with van der Waals surface area (Å²) in [7, 11) is 0. The van der Waals surface area contributed by atoms with Crippen LogP contribution in [-0.4, -0.2) is 12.3 Å². The molecule has 2 atom stereocenters. The number of fused-ring (bicyclic) bond motifs is 1. The fourth-order valence-electron chi connectivity index (χ4n) is 2.48. The first-order chi connectivity index (χ1) is 10.6. The van der Waals surface area contributed by atoms with Crippen molar-refractivity contribution in [3.63, 3.8) is 0 Å². The largest absolute Gasteiger partial charge is 0.290 e. The minimum atomic E-state index is -0.0133. The number of allylic oxidation sites excluding steroid dienone is 3. The molecule has 2 unspecified atom stereocenters. The first-order valence-corrected chi connectivity index (χ1v) is 8.02. The van der Waals surface area contributed by atoms with Gasteiger partial charge in [-0.15, -0.1) is 5.73 Å². The van der Waals surface area contributed by atoms with Crippen molar-refractivity contribution >= 4 is 18.5 Å². The molecular weight excluding hydrogens is 286 g/mol. The average Bonchev–Trinajstić information content (AvgIpc) is 3.28. The molecule has 3 rings (SSSR count). The number of benzene rings is 1. The summed E-state index contributed by atoms with van der Waals surface area (Å²) in [4.78, 5) is 6.45. The standard InChI is InChI=1S/C20H17NS/c1-4-15(2)22-19-9-7-16(8-10-19)5-6-17-11-12-20(21-3)14-18(20)13-17/h7-13,18H,1,3,14H2,2H3. The zero-order chi connectivity index (χ0) is 15.6.